The zero-order chi connectivity index (χ0) is 13.7. The molecular formula is C14H22N2O2. The Bertz CT molecular complexity index is 407. The first-order valence-corrected chi connectivity index (χ1v) is 6.07. The van der Waals surface area contributed by atoms with Crippen LogP contribution in [0, 0.1) is 13.8 Å². The van der Waals surface area contributed by atoms with Crippen LogP contribution in [-0.2, 0) is 11.3 Å². The maximum absolute atomic E-state index is 11.7. The molecule has 0 fully saturated rings. The molecule has 2 N–H and O–H groups in total. The van der Waals surface area contributed by atoms with Crippen molar-refractivity contribution in [3.63, 3.8) is 0 Å². The standard InChI is InChI=1S/C14H22N2O2/c1-10-7-12(8-11(2)14(10)18-4)9-16(3)13(17)5-6-15/h7-8H,5-6,9,15H2,1-4H3. The number of nitrogens with zero attached hydrogens (tertiary/aromatic N) is 1. The van der Waals surface area contributed by atoms with E-state index in [1.165, 1.54) is 0 Å². The number of hydrogen-bond acceptors (Lipinski definition) is 3. The average molecular weight is 250 g/mol. The van der Waals surface area contributed by atoms with Gasteiger partial charge in [-0.2, -0.15) is 0 Å². The maximum atomic E-state index is 11.7. The molecule has 0 radical (unpaired) electrons. The third-order valence-corrected chi connectivity index (χ3v) is 2.93. The molecule has 1 aromatic rings. The normalized spacial score (nSPS) is 10.3. The van der Waals surface area contributed by atoms with Gasteiger partial charge in [-0.25, -0.2) is 0 Å². The third kappa shape index (κ3) is 3.47. The molecule has 4 nitrogen and oxygen atoms in total. The fourth-order valence-electron chi connectivity index (χ4n) is 2.13. The van der Waals surface area contributed by atoms with Crippen molar-refractivity contribution in [2.45, 2.75) is 26.8 Å². The number of amides is 1. The van der Waals surface area contributed by atoms with E-state index in [1.54, 1.807) is 19.1 Å². The van der Waals surface area contributed by atoms with E-state index in [4.69, 9.17) is 10.5 Å². The summed E-state index contributed by atoms with van der Waals surface area (Å²) < 4.78 is 5.32. The Morgan fingerprint density at radius 3 is 2.33 bits per heavy atom. The minimum Gasteiger partial charge on any atom is -0.496 e. The fraction of sp³-hybridized carbons (Fsp3) is 0.500. The number of aryl methyl sites for hydroxylation is 2. The van der Waals surface area contributed by atoms with Crippen LogP contribution in [0.1, 0.15) is 23.1 Å². The van der Waals surface area contributed by atoms with Crippen LogP contribution in [0.2, 0.25) is 0 Å². The first-order chi connectivity index (χ1) is 8.49. The van der Waals surface area contributed by atoms with Crippen LogP contribution in [0.15, 0.2) is 12.1 Å². The second-order valence-electron chi connectivity index (χ2n) is 4.55. The fourth-order valence-corrected chi connectivity index (χ4v) is 2.13. The van der Waals surface area contributed by atoms with Gasteiger partial charge in [-0.15, -0.1) is 0 Å². The summed E-state index contributed by atoms with van der Waals surface area (Å²) >= 11 is 0. The average Bonchev–Trinajstić information content (AvgIpc) is 2.28. The summed E-state index contributed by atoms with van der Waals surface area (Å²) in [6.07, 6.45) is 0.393. The zero-order valence-corrected chi connectivity index (χ0v) is 11.6. The maximum Gasteiger partial charge on any atom is 0.223 e. The van der Waals surface area contributed by atoms with Gasteiger partial charge in [0.1, 0.15) is 5.75 Å². The van der Waals surface area contributed by atoms with E-state index < -0.39 is 0 Å². The Morgan fingerprint density at radius 1 is 1.33 bits per heavy atom. The molecule has 0 aliphatic heterocycles. The van der Waals surface area contributed by atoms with Crippen molar-refractivity contribution in [3.05, 3.63) is 28.8 Å². The monoisotopic (exact) mass is 250 g/mol. The minimum absolute atomic E-state index is 0.0728. The molecule has 0 aromatic heterocycles. The van der Waals surface area contributed by atoms with Gasteiger partial charge < -0.3 is 15.4 Å². The van der Waals surface area contributed by atoms with Crippen molar-refractivity contribution in [2.24, 2.45) is 5.73 Å². The third-order valence-electron chi connectivity index (χ3n) is 2.93. The Kier molecular flexibility index (Phi) is 5.16. The van der Waals surface area contributed by atoms with Crippen molar-refractivity contribution < 1.29 is 9.53 Å². The van der Waals surface area contributed by atoms with Gasteiger partial charge in [0.2, 0.25) is 5.91 Å². The lowest BCUT2D eigenvalue weighted by Crippen LogP contribution is -2.28. The van der Waals surface area contributed by atoms with E-state index >= 15 is 0 Å². The summed E-state index contributed by atoms with van der Waals surface area (Å²) in [5, 5.41) is 0. The molecule has 100 valence electrons. The zero-order valence-electron chi connectivity index (χ0n) is 11.6. The first kappa shape index (κ1) is 14.5. The molecule has 0 heterocycles. The molecule has 18 heavy (non-hydrogen) atoms. The van der Waals surface area contributed by atoms with E-state index in [2.05, 4.69) is 12.1 Å². The van der Waals surface area contributed by atoms with Crippen LogP contribution in [0.25, 0.3) is 0 Å². The van der Waals surface area contributed by atoms with Gasteiger partial charge in [0.15, 0.2) is 0 Å². The predicted octanol–water partition coefficient (Wildman–Crippen LogP) is 1.62. The van der Waals surface area contributed by atoms with Gasteiger partial charge in [-0.3, -0.25) is 4.79 Å². The van der Waals surface area contributed by atoms with Crippen molar-refractivity contribution in [1.82, 2.24) is 4.90 Å². The van der Waals surface area contributed by atoms with Crippen LogP contribution in [0.3, 0.4) is 0 Å². The van der Waals surface area contributed by atoms with Crippen LogP contribution in [0.4, 0.5) is 0 Å². The van der Waals surface area contributed by atoms with E-state index in [9.17, 15) is 4.79 Å². The van der Waals surface area contributed by atoms with E-state index in [0.29, 0.717) is 19.5 Å². The second-order valence-corrected chi connectivity index (χ2v) is 4.55. The van der Waals surface area contributed by atoms with Crippen molar-refractivity contribution >= 4 is 5.91 Å². The summed E-state index contributed by atoms with van der Waals surface area (Å²) in [6, 6.07) is 4.11. The Morgan fingerprint density at radius 2 is 1.89 bits per heavy atom. The summed E-state index contributed by atoms with van der Waals surface area (Å²) in [7, 11) is 3.47. The van der Waals surface area contributed by atoms with Crippen molar-refractivity contribution in [2.75, 3.05) is 20.7 Å². The van der Waals surface area contributed by atoms with Gasteiger partial charge in [0, 0.05) is 26.6 Å². The van der Waals surface area contributed by atoms with Gasteiger partial charge in [0.25, 0.3) is 0 Å². The highest BCUT2D eigenvalue weighted by molar-refractivity contribution is 5.76. The molecule has 0 aliphatic rings. The van der Waals surface area contributed by atoms with Crippen LogP contribution < -0.4 is 10.5 Å². The van der Waals surface area contributed by atoms with Crippen molar-refractivity contribution in [1.29, 1.82) is 0 Å². The number of carbonyl (C=O) groups is 1. The molecular weight excluding hydrogens is 228 g/mol. The number of methoxy groups -OCH3 is 1. The van der Waals surface area contributed by atoms with E-state index in [-0.39, 0.29) is 5.91 Å². The van der Waals surface area contributed by atoms with Crippen LogP contribution in [0.5, 0.6) is 5.75 Å². The smallest absolute Gasteiger partial charge is 0.223 e. The number of benzene rings is 1. The molecule has 0 unspecified atom stereocenters. The molecule has 0 bridgehead atoms. The predicted molar refractivity (Wildman–Crippen MR) is 72.6 cm³/mol. The van der Waals surface area contributed by atoms with E-state index in [0.717, 1.165) is 22.4 Å². The molecule has 1 rings (SSSR count). The van der Waals surface area contributed by atoms with Crippen LogP contribution >= 0.6 is 0 Å². The lowest BCUT2D eigenvalue weighted by atomic mass is 10.1. The molecule has 0 saturated carbocycles. The minimum atomic E-state index is 0.0728. The second kappa shape index (κ2) is 6.40. The highest BCUT2D eigenvalue weighted by Gasteiger charge is 2.10. The number of ether oxygens (including phenoxy) is 1. The molecule has 0 spiro atoms. The number of hydrogen-bond donors (Lipinski definition) is 1. The summed E-state index contributed by atoms with van der Waals surface area (Å²) in [4.78, 5) is 13.4. The highest BCUT2D eigenvalue weighted by atomic mass is 16.5. The van der Waals surface area contributed by atoms with Gasteiger partial charge in [-0.1, -0.05) is 12.1 Å². The van der Waals surface area contributed by atoms with Gasteiger partial charge in [-0.05, 0) is 30.5 Å². The molecule has 1 aromatic carbocycles. The molecule has 4 heteroatoms. The lowest BCUT2D eigenvalue weighted by Gasteiger charge is -2.18. The Hall–Kier alpha value is -1.55. The van der Waals surface area contributed by atoms with Gasteiger partial charge in [0.05, 0.1) is 7.11 Å². The first-order valence-electron chi connectivity index (χ1n) is 6.07. The number of rotatable bonds is 5. The van der Waals surface area contributed by atoms with Crippen molar-refractivity contribution in [3.8, 4) is 5.75 Å². The summed E-state index contributed by atoms with van der Waals surface area (Å²) in [5.74, 6) is 0.985. The largest absolute Gasteiger partial charge is 0.496 e. The molecule has 0 aliphatic carbocycles. The summed E-state index contributed by atoms with van der Waals surface area (Å²) in [6.45, 7) is 5.02. The molecule has 1 amide bonds. The van der Waals surface area contributed by atoms with Crippen LogP contribution in [-0.4, -0.2) is 31.5 Å². The molecule has 0 saturated heterocycles. The topological polar surface area (TPSA) is 55.6 Å². The Labute approximate surface area is 109 Å². The van der Waals surface area contributed by atoms with Gasteiger partial charge >= 0.3 is 0 Å². The Balaban J connectivity index is 2.83. The lowest BCUT2D eigenvalue weighted by molar-refractivity contribution is -0.130. The number of carbonyl (C=O) groups excluding carboxylic acids is 1. The number of nitrogens with two attached hydrogens (primary N) is 1. The SMILES string of the molecule is COc1c(C)cc(CN(C)C(=O)CCN)cc1C. The summed E-state index contributed by atoms with van der Waals surface area (Å²) in [5.41, 5.74) is 8.67. The quantitative estimate of drug-likeness (QED) is 0.864. The molecule has 0 atom stereocenters. The van der Waals surface area contributed by atoms with E-state index in [1.807, 2.05) is 13.8 Å². The highest BCUT2D eigenvalue weighted by Crippen LogP contribution is 2.24.